The lowest BCUT2D eigenvalue weighted by atomic mass is 10.1. The lowest BCUT2D eigenvalue weighted by molar-refractivity contribution is 0.0483. The number of hydrogen-bond donors (Lipinski definition) is 0. The Balaban J connectivity index is 1.67. The molecule has 0 radical (unpaired) electrons. The number of aryl methyl sites for hydroxylation is 1. The van der Waals surface area contributed by atoms with Gasteiger partial charge < -0.3 is 9.47 Å². The highest BCUT2D eigenvalue weighted by Crippen LogP contribution is 2.23. The molecule has 0 aliphatic carbocycles. The molecule has 4 heterocycles. The molecule has 3 aromatic heterocycles. The molecule has 154 valence electrons. The highest BCUT2D eigenvalue weighted by molar-refractivity contribution is 7.88. The van der Waals surface area contributed by atoms with Crippen LogP contribution in [0.3, 0.4) is 0 Å². The highest BCUT2D eigenvalue weighted by atomic mass is 32.2. The standard InChI is InChI=1S/C19H24N6O3S/c1-13-14(2)25(29(4,27)28)11-10-23(13)19(26)15-7-8-17-20-21-18(24(17)12-15)16-6-5-9-22(16)3/h5-9,12-14H,10-11H2,1-4H3/t13-,14+/m0/s1. The zero-order chi connectivity index (χ0) is 20.9. The van der Waals surface area contributed by atoms with Crippen molar-refractivity contribution in [2.45, 2.75) is 25.9 Å². The van der Waals surface area contributed by atoms with E-state index in [1.54, 1.807) is 23.2 Å². The SMILES string of the molecule is C[C@@H]1[C@H](C)N(C(=O)c2ccc3nnc(-c4cccn4C)n3c2)CCN1S(C)(=O)=O. The molecule has 2 atom stereocenters. The summed E-state index contributed by atoms with van der Waals surface area (Å²) >= 11 is 0. The van der Waals surface area contributed by atoms with Gasteiger partial charge in [0.05, 0.1) is 17.5 Å². The van der Waals surface area contributed by atoms with Crippen molar-refractivity contribution in [2.24, 2.45) is 7.05 Å². The highest BCUT2D eigenvalue weighted by Gasteiger charge is 2.37. The molecule has 4 rings (SSSR count). The molecule has 9 nitrogen and oxygen atoms in total. The Morgan fingerprint density at radius 2 is 1.86 bits per heavy atom. The Morgan fingerprint density at radius 1 is 1.10 bits per heavy atom. The van der Waals surface area contributed by atoms with Gasteiger partial charge >= 0.3 is 0 Å². The number of carbonyl (C=O) groups excluding carboxylic acids is 1. The molecule has 1 saturated heterocycles. The van der Waals surface area contributed by atoms with Crippen LogP contribution >= 0.6 is 0 Å². The van der Waals surface area contributed by atoms with Crippen LogP contribution in [0.2, 0.25) is 0 Å². The molecule has 29 heavy (non-hydrogen) atoms. The molecule has 1 aliphatic rings. The molecule has 0 saturated carbocycles. The van der Waals surface area contributed by atoms with Gasteiger partial charge in [-0.1, -0.05) is 0 Å². The summed E-state index contributed by atoms with van der Waals surface area (Å²) in [7, 11) is -1.38. The zero-order valence-electron chi connectivity index (χ0n) is 16.8. The van der Waals surface area contributed by atoms with Crippen LogP contribution in [0.1, 0.15) is 24.2 Å². The van der Waals surface area contributed by atoms with Gasteiger partial charge in [-0.25, -0.2) is 8.42 Å². The second-order valence-corrected chi connectivity index (χ2v) is 9.46. The third kappa shape index (κ3) is 3.32. The number of sulfonamides is 1. The first kappa shape index (κ1) is 19.6. The number of amides is 1. The minimum atomic E-state index is -3.31. The van der Waals surface area contributed by atoms with Gasteiger partial charge in [-0.3, -0.25) is 9.20 Å². The van der Waals surface area contributed by atoms with Crippen LogP contribution < -0.4 is 0 Å². The van der Waals surface area contributed by atoms with Crippen LogP contribution in [-0.2, 0) is 17.1 Å². The first-order valence-corrected chi connectivity index (χ1v) is 11.3. The Hall–Kier alpha value is -2.72. The summed E-state index contributed by atoms with van der Waals surface area (Å²) in [5.41, 5.74) is 2.06. The number of rotatable bonds is 3. The van der Waals surface area contributed by atoms with Gasteiger partial charge in [0.1, 0.15) is 0 Å². The summed E-state index contributed by atoms with van der Waals surface area (Å²) in [5, 5.41) is 8.46. The topological polar surface area (TPSA) is 92.8 Å². The van der Waals surface area contributed by atoms with Crippen LogP contribution in [0.25, 0.3) is 17.2 Å². The molecular weight excluding hydrogens is 392 g/mol. The molecule has 10 heteroatoms. The van der Waals surface area contributed by atoms with E-state index in [0.29, 0.717) is 30.1 Å². The van der Waals surface area contributed by atoms with Crippen LogP contribution in [0.15, 0.2) is 36.7 Å². The Bertz CT molecular complexity index is 1180. The van der Waals surface area contributed by atoms with E-state index in [-0.39, 0.29) is 18.0 Å². The molecule has 1 amide bonds. The van der Waals surface area contributed by atoms with Gasteiger partial charge in [0.15, 0.2) is 11.5 Å². The second kappa shape index (κ2) is 6.96. The van der Waals surface area contributed by atoms with Gasteiger partial charge in [-0.15, -0.1) is 10.2 Å². The third-order valence-corrected chi connectivity index (χ3v) is 7.08. The maximum atomic E-state index is 13.2. The van der Waals surface area contributed by atoms with Crippen molar-refractivity contribution in [3.8, 4) is 11.5 Å². The minimum absolute atomic E-state index is 0.133. The van der Waals surface area contributed by atoms with E-state index in [1.807, 2.05) is 48.2 Å². The molecule has 0 N–H and O–H groups in total. The monoisotopic (exact) mass is 416 g/mol. The fourth-order valence-corrected chi connectivity index (χ4v) is 5.11. The Kier molecular flexibility index (Phi) is 4.70. The molecule has 3 aromatic rings. The van der Waals surface area contributed by atoms with Crippen molar-refractivity contribution < 1.29 is 13.2 Å². The fraction of sp³-hybridized carbons (Fsp3) is 0.421. The largest absolute Gasteiger partial charge is 0.348 e. The van der Waals surface area contributed by atoms with E-state index >= 15 is 0 Å². The molecule has 0 spiro atoms. The lowest BCUT2D eigenvalue weighted by Crippen LogP contribution is -2.60. The minimum Gasteiger partial charge on any atom is -0.348 e. The van der Waals surface area contributed by atoms with Crippen LogP contribution in [0.4, 0.5) is 0 Å². The van der Waals surface area contributed by atoms with Gasteiger partial charge in [-0.2, -0.15) is 4.31 Å². The first-order valence-electron chi connectivity index (χ1n) is 9.43. The van der Waals surface area contributed by atoms with Crippen LogP contribution in [0, 0.1) is 0 Å². The average molecular weight is 417 g/mol. The predicted molar refractivity (Wildman–Crippen MR) is 109 cm³/mol. The van der Waals surface area contributed by atoms with Crippen molar-refractivity contribution in [3.63, 3.8) is 0 Å². The van der Waals surface area contributed by atoms with Crippen molar-refractivity contribution in [3.05, 3.63) is 42.2 Å². The second-order valence-electron chi connectivity index (χ2n) is 7.53. The van der Waals surface area contributed by atoms with E-state index in [1.165, 1.54) is 10.6 Å². The van der Waals surface area contributed by atoms with Crippen LogP contribution in [-0.4, -0.2) is 74.1 Å². The van der Waals surface area contributed by atoms with E-state index in [4.69, 9.17) is 0 Å². The smallest absolute Gasteiger partial charge is 0.255 e. The van der Waals surface area contributed by atoms with E-state index in [2.05, 4.69) is 10.2 Å². The van der Waals surface area contributed by atoms with Gasteiger partial charge in [0.25, 0.3) is 5.91 Å². The number of carbonyl (C=O) groups is 1. The Morgan fingerprint density at radius 3 is 2.52 bits per heavy atom. The van der Waals surface area contributed by atoms with Gasteiger partial charge in [-0.05, 0) is 38.1 Å². The number of fused-ring (bicyclic) bond motifs is 1. The quantitative estimate of drug-likeness (QED) is 0.640. The number of pyridine rings is 1. The maximum absolute atomic E-state index is 13.2. The molecule has 0 unspecified atom stereocenters. The Labute approximate surface area is 169 Å². The van der Waals surface area contributed by atoms with Gasteiger partial charge in [0.2, 0.25) is 10.0 Å². The van der Waals surface area contributed by atoms with Crippen molar-refractivity contribution in [1.29, 1.82) is 0 Å². The predicted octanol–water partition coefficient (Wildman–Crippen LogP) is 1.23. The van der Waals surface area contributed by atoms with Crippen LogP contribution in [0.5, 0.6) is 0 Å². The number of piperazine rings is 1. The summed E-state index contributed by atoms with van der Waals surface area (Å²) < 4.78 is 29.2. The van der Waals surface area contributed by atoms with Crippen molar-refractivity contribution in [2.75, 3.05) is 19.3 Å². The summed E-state index contributed by atoms with van der Waals surface area (Å²) in [5.74, 6) is 0.524. The number of aromatic nitrogens is 4. The van der Waals surface area contributed by atoms with Crippen molar-refractivity contribution in [1.82, 2.24) is 28.4 Å². The molecular formula is C19H24N6O3S. The molecule has 1 fully saturated rings. The summed E-state index contributed by atoms with van der Waals surface area (Å²) in [4.78, 5) is 15.0. The fourth-order valence-electron chi connectivity index (χ4n) is 3.92. The zero-order valence-corrected chi connectivity index (χ0v) is 17.7. The normalized spacial score (nSPS) is 21.0. The summed E-state index contributed by atoms with van der Waals surface area (Å²) in [6, 6.07) is 6.85. The first-order chi connectivity index (χ1) is 13.7. The van der Waals surface area contributed by atoms with Crippen molar-refractivity contribution >= 4 is 21.6 Å². The summed E-state index contributed by atoms with van der Waals surface area (Å²) in [6.45, 7) is 4.36. The number of nitrogens with zero attached hydrogens (tertiary/aromatic N) is 6. The van der Waals surface area contributed by atoms with E-state index in [0.717, 1.165) is 5.69 Å². The number of hydrogen-bond acceptors (Lipinski definition) is 5. The van der Waals surface area contributed by atoms with E-state index < -0.39 is 10.0 Å². The molecule has 0 bridgehead atoms. The molecule has 1 aliphatic heterocycles. The van der Waals surface area contributed by atoms with E-state index in [9.17, 15) is 13.2 Å². The van der Waals surface area contributed by atoms with Gasteiger partial charge in [0, 0.05) is 44.6 Å². The molecule has 0 aromatic carbocycles. The summed E-state index contributed by atoms with van der Waals surface area (Å²) in [6.07, 6.45) is 4.88. The lowest BCUT2D eigenvalue weighted by Gasteiger charge is -2.43. The maximum Gasteiger partial charge on any atom is 0.255 e. The third-order valence-electron chi connectivity index (χ3n) is 5.71. The average Bonchev–Trinajstić information content (AvgIpc) is 3.27.